The molecule has 2 aromatic carbocycles. The third-order valence-corrected chi connectivity index (χ3v) is 4.04. The summed E-state index contributed by atoms with van der Waals surface area (Å²) >= 11 is 0. The van der Waals surface area contributed by atoms with E-state index in [-0.39, 0.29) is 18.3 Å². The second kappa shape index (κ2) is 8.91. The molecule has 6 heteroatoms. The Kier molecular flexibility index (Phi) is 6.12. The van der Waals surface area contributed by atoms with E-state index in [2.05, 4.69) is 15.8 Å². The number of hydroxylamine groups is 1. The van der Waals surface area contributed by atoms with E-state index in [1.165, 1.54) is 6.07 Å². The lowest BCUT2D eigenvalue weighted by Gasteiger charge is -2.12. The van der Waals surface area contributed by atoms with E-state index < -0.39 is 0 Å². The van der Waals surface area contributed by atoms with Crippen LogP contribution in [0.1, 0.15) is 27.0 Å². The van der Waals surface area contributed by atoms with Gasteiger partial charge in [0.25, 0.3) is 5.91 Å². The molecule has 1 heterocycles. The maximum absolute atomic E-state index is 13.6. The number of pyridine rings is 1. The summed E-state index contributed by atoms with van der Waals surface area (Å²) in [5, 5.41) is 3.24. The summed E-state index contributed by atoms with van der Waals surface area (Å²) in [6.45, 7) is 2.34. The van der Waals surface area contributed by atoms with E-state index in [9.17, 15) is 9.18 Å². The van der Waals surface area contributed by atoms with Gasteiger partial charge >= 0.3 is 0 Å². The second-order valence-electron chi connectivity index (χ2n) is 6.06. The molecule has 2 N–H and O–H groups in total. The van der Waals surface area contributed by atoms with Gasteiger partial charge in [0.2, 0.25) is 0 Å². The Morgan fingerprint density at radius 2 is 1.85 bits per heavy atom. The molecule has 0 saturated heterocycles. The number of hydrogen-bond donors (Lipinski definition) is 2. The minimum Gasteiger partial charge on any atom is -0.380 e. The fourth-order valence-electron chi connectivity index (χ4n) is 2.50. The van der Waals surface area contributed by atoms with E-state index in [4.69, 9.17) is 4.84 Å². The highest BCUT2D eigenvalue weighted by atomic mass is 19.1. The summed E-state index contributed by atoms with van der Waals surface area (Å²) in [7, 11) is 0. The number of para-hydroxylation sites is 1. The summed E-state index contributed by atoms with van der Waals surface area (Å²) in [5.41, 5.74) is 5.82. The first kappa shape index (κ1) is 18.5. The number of nitrogens with zero attached hydrogens (tertiary/aromatic N) is 1. The van der Waals surface area contributed by atoms with Crippen LogP contribution in [0.2, 0.25) is 0 Å². The molecule has 0 aliphatic rings. The zero-order chi connectivity index (χ0) is 19.1. The van der Waals surface area contributed by atoms with Crippen molar-refractivity contribution in [3.05, 3.63) is 95.1 Å². The molecule has 0 spiro atoms. The normalized spacial score (nSPS) is 10.4. The van der Waals surface area contributed by atoms with Crippen LogP contribution in [0, 0.1) is 12.7 Å². The third kappa shape index (κ3) is 5.12. The first-order chi connectivity index (χ1) is 13.1. The lowest BCUT2D eigenvalue weighted by atomic mass is 10.1. The number of hydrogen-bond acceptors (Lipinski definition) is 4. The zero-order valence-corrected chi connectivity index (χ0v) is 14.9. The second-order valence-corrected chi connectivity index (χ2v) is 6.06. The number of benzene rings is 2. The van der Waals surface area contributed by atoms with Gasteiger partial charge in [0.05, 0.1) is 12.2 Å². The fraction of sp³-hybridized carbons (Fsp3) is 0.143. The van der Waals surface area contributed by atoms with Gasteiger partial charge in [-0.05, 0) is 53.9 Å². The number of aromatic nitrogens is 1. The molecular weight excluding hydrogens is 345 g/mol. The van der Waals surface area contributed by atoms with Crippen LogP contribution in [-0.2, 0) is 18.0 Å². The number of rotatable bonds is 7. The fourth-order valence-corrected chi connectivity index (χ4v) is 2.50. The maximum atomic E-state index is 13.6. The number of carbonyl (C=O) groups is 1. The van der Waals surface area contributed by atoms with Crippen LogP contribution in [0.3, 0.4) is 0 Å². The van der Waals surface area contributed by atoms with E-state index in [0.29, 0.717) is 28.9 Å². The molecule has 27 heavy (non-hydrogen) atoms. The first-order valence-corrected chi connectivity index (χ1v) is 8.52. The van der Waals surface area contributed by atoms with Crippen molar-refractivity contribution in [1.82, 2.24) is 10.5 Å². The maximum Gasteiger partial charge on any atom is 0.276 e. The first-order valence-electron chi connectivity index (χ1n) is 8.52. The van der Waals surface area contributed by atoms with Crippen LogP contribution in [0.25, 0.3) is 0 Å². The summed E-state index contributed by atoms with van der Waals surface area (Å²) in [6.07, 6.45) is 3.44. The van der Waals surface area contributed by atoms with Crippen LogP contribution in [-0.4, -0.2) is 10.9 Å². The van der Waals surface area contributed by atoms with Gasteiger partial charge in [-0.2, -0.15) is 0 Å². The summed E-state index contributed by atoms with van der Waals surface area (Å²) in [4.78, 5) is 21.7. The number of nitrogens with one attached hydrogen (secondary N) is 2. The monoisotopic (exact) mass is 365 g/mol. The van der Waals surface area contributed by atoms with E-state index in [1.807, 2.05) is 24.3 Å². The number of carbonyl (C=O) groups excluding carboxylic acids is 1. The molecule has 1 aromatic heterocycles. The lowest BCUT2D eigenvalue weighted by molar-refractivity contribution is 0.0233. The summed E-state index contributed by atoms with van der Waals surface area (Å²) < 4.78 is 13.6. The molecule has 0 aliphatic carbocycles. The largest absolute Gasteiger partial charge is 0.380 e. The van der Waals surface area contributed by atoms with E-state index >= 15 is 0 Å². The van der Waals surface area contributed by atoms with Gasteiger partial charge in [-0.1, -0.05) is 24.3 Å². The van der Waals surface area contributed by atoms with Crippen LogP contribution >= 0.6 is 0 Å². The van der Waals surface area contributed by atoms with Crippen LogP contribution in [0.5, 0.6) is 0 Å². The van der Waals surface area contributed by atoms with E-state index in [1.54, 1.807) is 43.6 Å². The average molecular weight is 365 g/mol. The SMILES string of the molecule is Cc1ccc(CONC(=O)c2ccccc2NCc2ccncc2)cc1F. The Labute approximate surface area is 157 Å². The standard InChI is InChI=1S/C21H20FN3O2/c1-15-6-7-17(12-19(15)22)14-27-25-21(26)18-4-2-3-5-20(18)24-13-16-8-10-23-11-9-16/h2-12,24H,13-14H2,1H3,(H,25,26). The molecule has 0 aliphatic heterocycles. The molecule has 5 nitrogen and oxygen atoms in total. The highest BCUT2D eigenvalue weighted by Gasteiger charge is 2.11. The summed E-state index contributed by atoms with van der Waals surface area (Å²) in [6, 6.07) is 15.8. The Bertz CT molecular complexity index is 916. The van der Waals surface area contributed by atoms with Crippen LogP contribution in [0.4, 0.5) is 10.1 Å². The van der Waals surface area contributed by atoms with Crippen molar-refractivity contribution in [2.75, 3.05) is 5.32 Å². The van der Waals surface area contributed by atoms with Crippen molar-refractivity contribution < 1.29 is 14.0 Å². The molecule has 0 radical (unpaired) electrons. The molecular formula is C21H20FN3O2. The molecule has 3 aromatic rings. The van der Waals surface area contributed by atoms with Crippen LogP contribution in [0.15, 0.2) is 67.0 Å². The topological polar surface area (TPSA) is 63.2 Å². The molecule has 0 saturated carbocycles. The number of anilines is 1. The Morgan fingerprint density at radius 3 is 2.63 bits per heavy atom. The van der Waals surface area contributed by atoms with Crippen molar-refractivity contribution >= 4 is 11.6 Å². The Morgan fingerprint density at radius 1 is 1.07 bits per heavy atom. The van der Waals surface area contributed by atoms with Gasteiger partial charge in [-0.25, -0.2) is 9.87 Å². The number of aryl methyl sites for hydroxylation is 1. The van der Waals surface area contributed by atoms with Gasteiger partial charge in [0.1, 0.15) is 5.82 Å². The smallest absolute Gasteiger partial charge is 0.276 e. The predicted molar refractivity (Wildman–Crippen MR) is 101 cm³/mol. The zero-order valence-electron chi connectivity index (χ0n) is 14.9. The highest BCUT2D eigenvalue weighted by Crippen LogP contribution is 2.16. The third-order valence-electron chi connectivity index (χ3n) is 4.04. The predicted octanol–water partition coefficient (Wildman–Crippen LogP) is 4.00. The van der Waals surface area contributed by atoms with Crippen molar-refractivity contribution in [2.24, 2.45) is 0 Å². The van der Waals surface area contributed by atoms with Gasteiger partial charge in [-0.15, -0.1) is 0 Å². The van der Waals surface area contributed by atoms with Gasteiger partial charge in [-0.3, -0.25) is 14.6 Å². The molecule has 0 bridgehead atoms. The average Bonchev–Trinajstić information content (AvgIpc) is 2.70. The van der Waals surface area contributed by atoms with Crippen molar-refractivity contribution in [1.29, 1.82) is 0 Å². The molecule has 0 atom stereocenters. The quantitative estimate of drug-likeness (QED) is 0.621. The number of amides is 1. The lowest BCUT2D eigenvalue weighted by Crippen LogP contribution is -2.24. The molecule has 1 amide bonds. The highest BCUT2D eigenvalue weighted by molar-refractivity contribution is 5.98. The van der Waals surface area contributed by atoms with E-state index in [0.717, 1.165) is 5.56 Å². The minimum absolute atomic E-state index is 0.0789. The summed E-state index contributed by atoms with van der Waals surface area (Å²) in [5.74, 6) is -0.673. The van der Waals surface area contributed by atoms with Crippen molar-refractivity contribution in [2.45, 2.75) is 20.1 Å². The van der Waals surface area contributed by atoms with Gasteiger partial charge in [0.15, 0.2) is 0 Å². The molecule has 0 fully saturated rings. The Hall–Kier alpha value is -3.25. The van der Waals surface area contributed by atoms with Crippen molar-refractivity contribution in [3.8, 4) is 0 Å². The Balaban J connectivity index is 1.58. The van der Waals surface area contributed by atoms with Gasteiger partial charge < -0.3 is 5.32 Å². The molecule has 3 rings (SSSR count). The van der Waals surface area contributed by atoms with Crippen LogP contribution < -0.4 is 10.8 Å². The molecule has 138 valence electrons. The minimum atomic E-state index is -0.375. The number of halogens is 1. The molecule has 0 unspecified atom stereocenters. The van der Waals surface area contributed by atoms with Gasteiger partial charge in [0, 0.05) is 24.6 Å². The van der Waals surface area contributed by atoms with Crippen molar-refractivity contribution in [3.63, 3.8) is 0 Å².